The molecule has 0 aromatic carbocycles. The number of hydrogen-bond acceptors (Lipinski definition) is 5. The second-order valence-corrected chi connectivity index (χ2v) is 5.35. The molecule has 0 aliphatic carbocycles. The van der Waals surface area contributed by atoms with E-state index in [4.69, 9.17) is 8.83 Å². The summed E-state index contributed by atoms with van der Waals surface area (Å²) >= 11 is 0. The number of likely N-dealkylation sites (tertiary alicyclic amines) is 1. The zero-order chi connectivity index (χ0) is 15.7. The molecule has 0 saturated carbocycles. The Labute approximate surface area is 126 Å². The third kappa shape index (κ3) is 2.61. The van der Waals surface area contributed by atoms with Crippen molar-refractivity contribution in [1.82, 2.24) is 4.90 Å². The van der Waals surface area contributed by atoms with E-state index >= 15 is 0 Å². The first-order valence-electron chi connectivity index (χ1n) is 7.18. The minimum absolute atomic E-state index is 0.0121. The average molecular weight is 304 g/mol. The topological polar surface area (TPSA) is 89.7 Å². The van der Waals surface area contributed by atoms with Gasteiger partial charge in [-0.15, -0.1) is 0 Å². The van der Waals surface area contributed by atoms with Crippen molar-refractivity contribution in [3.63, 3.8) is 0 Å². The summed E-state index contributed by atoms with van der Waals surface area (Å²) in [6, 6.07) is 6.13. The summed E-state index contributed by atoms with van der Waals surface area (Å²) < 4.78 is 10.7. The van der Waals surface area contributed by atoms with Crippen LogP contribution in [0.15, 0.2) is 33.1 Å². The van der Waals surface area contributed by atoms with Crippen LogP contribution in [-0.2, 0) is 0 Å². The van der Waals surface area contributed by atoms with Gasteiger partial charge in [-0.05, 0) is 44.4 Å². The number of nitro groups is 1. The van der Waals surface area contributed by atoms with E-state index in [-0.39, 0.29) is 17.7 Å². The third-order valence-corrected chi connectivity index (χ3v) is 3.84. The van der Waals surface area contributed by atoms with Crippen molar-refractivity contribution in [2.75, 3.05) is 6.54 Å². The minimum atomic E-state index is -0.652. The number of rotatable bonds is 3. The number of aryl methyl sites for hydroxylation is 1. The van der Waals surface area contributed by atoms with Crippen molar-refractivity contribution in [3.8, 4) is 0 Å². The molecule has 1 aliphatic rings. The van der Waals surface area contributed by atoms with Crippen LogP contribution in [0.3, 0.4) is 0 Å². The van der Waals surface area contributed by atoms with Crippen molar-refractivity contribution in [2.45, 2.75) is 32.2 Å². The van der Waals surface area contributed by atoms with Gasteiger partial charge in [0.25, 0.3) is 5.91 Å². The van der Waals surface area contributed by atoms with Crippen LogP contribution in [0.4, 0.5) is 5.88 Å². The second-order valence-electron chi connectivity index (χ2n) is 5.35. The quantitative estimate of drug-likeness (QED) is 0.640. The van der Waals surface area contributed by atoms with Crippen molar-refractivity contribution in [2.24, 2.45) is 0 Å². The summed E-state index contributed by atoms with van der Waals surface area (Å²) in [6.45, 7) is 2.44. The van der Waals surface area contributed by atoms with Crippen LogP contribution in [0.5, 0.6) is 0 Å². The van der Waals surface area contributed by atoms with Gasteiger partial charge in [0, 0.05) is 6.54 Å². The lowest BCUT2D eigenvalue weighted by atomic mass is 9.99. The Hall–Kier alpha value is -2.57. The number of carbonyl (C=O) groups is 1. The first-order chi connectivity index (χ1) is 10.6. The fourth-order valence-electron chi connectivity index (χ4n) is 2.79. The molecule has 0 N–H and O–H groups in total. The molecule has 22 heavy (non-hydrogen) atoms. The summed E-state index contributed by atoms with van der Waals surface area (Å²) in [7, 11) is 0. The molecule has 0 bridgehead atoms. The van der Waals surface area contributed by atoms with Gasteiger partial charge in [-0.1, -0.05) is 0 Å². The molecule has 116 valence electrons. The van der Waals surface area contributed by atoms with E-state index in [1.165, 1.54) is 12.1 Å². The number of amides is 1. The Morgan fingerprint density at radius 2 is 2.09 bits per heavy atom. The van der Waals surface area contributed by atoms with Gasteiger partial charge in [0.2, 0.25) is 0 Å². The molecule has 1 amide bonds. The number of furan rings is 2. The van der Waals surface area contributed by atoms with Gasteiger partial charge < -0.3 is 13.7 Å². The Kier molecular flexibility index (Phi) is 3.70. The highest BCUT2D eigenvalue weighted by Gasteiger charge is 2.32. The van der Waals surface area contributed by atoms with Crippen molar-refractivity contribution < 1.29 is 18.6 Å². The maximum absolute atomic E-state index is 12.6. The van der Waals surface area contributed by atoms with Gasteiger partial charge in [-0.25, -0.2) is 0 Å². The summed E-state index contributed by atoms with van der Waals surface area (Å²) in [4.78, 5) is 24.3. The van der Waals surface area contributed by atoms with Gasteiger partial charge in [0.15, 0.2) is 5.76 Å². The number of nitrogens with zero attached hydrogens (tertiary/aromatic N) is 2. The smallest absolute Gasteiger partial charge is 0.433 e. The number of hydrogen-bond donors (Lipinski definition) is 0. The zero-order valence-corrected chi connectivity index (χ0v) is 12.2. The van der Waals surface area contributed by atoms with E-state index < -0.39 is 10.8 Å². The zero-order valence-electron chi connectivity index (χ0n) is 12.2. The number of carbonyl (C=O) groups excluding carboxylic acids is 1. The standard InChI is InChI=1S/C15H16N2O5/c1-10-5-6-12(21-10)11-4-2-3-9-16(11)15(18)13-7-8-14(22-13)17(19)20/h5-8,11H,2-4,9H2,1H3. The Bertz CT molecular complexity index is 702. The van der Waals surface area contributed by atoms with Gasteiger partial charge in [-0.3, -0.25) is 14.9 Å². The monoisotopic (exact) mass is 304 g/mol. The Morgan fingerprint density at radius 1 is 1.27 bits per heavy atom. The predicted molar refractivity (Wildman–Crippen MR) is 76.4 cm³/mol. The first-order valence-corrected chi connectivity index (χ1v) is 7.18. The molecule has 1 unspecified atom stereocenters. The van der Waals surface area contributed by atoms with Crippen molar-refractivity contribution in [1.29, 1.82) is 0 Å². The molecular formula is C15H16N2O5. The van der Waals surface area contributed by atoms with Crippen LogP contribution in [0, 0.1) is 17.0 Å². The summed E-state index contributed by atoms with van der Waals surface area (Å²) in [5.41, 5.74) is 0. The molecule has 2 aromatic heterocycles. The maximum Gasteiger partial charge on any atom is 0.433 e. The highest BCUT2D eigenvalue weighted by atomic mass is 16.6. The Balaban J connectivity index is 1.86. The third-order valence-electron chi connectivity index (χ3n) is 3.84. The Morgan fingerprint density at radius 3 is 2.73 bits per heavy atom. The normalized spacial score (nSPS) is 18.4. The maximum atomic E-state index is 12.6. The first kappa shape index (κ1) is 14.4. The lowest BCUT2D eigenvalue weighted by molar-refractivity contribution is -0.402. The highest BCUT2D eigenvalue weighted by Crippen LogP contribution is 2.33. The van der Waals surface area contributed by atoms with Crippen molar-refractivity contribution in [3.05, 3.63) is 51.7 Å². The van der Waals surface area contributed by atoms with Crippen LogP contribution in [0.1, 0.15) is 47.4 Å². The SMILES string of the molecule is Cc1ccc(C2CCCCN2C(=O)c2ccc([N+](=O)[O-])o2)o1. The second kappa shape index (κ2) is 5.67. The molecule has 7 nitrogen and oxygen atoms in total. The van der Waals surface area contributed by atoms with Gasteiger partial charge in [0.1, 0.15) is 16.4 Å². The summed E-state index contributed by atoms with van der Waals surface area (Å²) in [6.07, 6.45) is 2.71. The van der Waals surface area contributed by atoms with E-state index in [1.807, 2.05) is 19.1 Å². The highest BCUT2D eigenvalue weighted by molar-refractivity contribution is 5.92. The molecule has 1 atom stereocenters. The largest absolute Gasteiger partial charge is 0.464 e. The van der Waals surface area contributed by atoms with E-state index in [9.17, 15) is 14.9 Å². The van der Waals surface area contributed by atoms with Crippen LogP contribution in [0.2, 0.25) is 0 Å². The lowest BCUT2D eigenvalue weighted by Gasteiger charge is -2.33. The van der Waals surface area contributed by atoms with Crippen LogP contribution < -0.4 is 0 Å². The predicted octanol–water partition coefficient (Wildman–Crippen LogP) is 3.46. The molecule has 7 heteroatoms. The van der Waals surface area contributed by atoms with E-state index in [0.717, 1.165) is 30.8 Å². The molecular weight excluding hydrogens is 288 g/mol. The van der Waals surface area contributed by atoms with Crippen LogP contribution in [0.25, 0.3) is 0 Å². The van der Waals surface area contributed by atoms with Crippen molar-refractivity contribution >= 4 is 11.8 Å². The average Bonchev–Trinajstić information content (AvgIpc) is 3.15. The molecule has 1 saturated heterocycles. The molecule has 0 radical (unpaired) electrons. The van der Waals surface area contributed by atoms with Gasteiger partial charge in [-0.2, -0.15) is 0 Å². The number of piperidine rings is 1. The van der Waals surface area contributed by atoms with Crippen LogP contribution >= 0.6 is 0 Å². The fraction of sp³-hybridized carbons (Fsp3) is 0.400. The van der Waals surface area contributed by atoms with Gasteiger partial charge >= 0.3 is 5.88 Å². The molecule has 0 spiro atoms. The molecule has 2 aromatic rings. The van der Waals surface area contributed by atoms with Gasteiger partial charge in [0.05, 0.1) is 12.1 Å². The van der Waals surface area contributed by atoms with Crippen LogP contribution in [-0.4, -0.2) is 22.3 Å². The molecule has 3 rings (SSSR count). The molecule has 3 heterocycles. The summed E-state index contributed by atoms with van der Waals surface area (Å²) in [5, 5.41) is 10.7. The lowest BCUT2D eigenvalue weighted by Crippen LogP contribution is -2.38. The molecule has 1 aliphatic heterocycles. The van der Waals surface area contributed by atoms with E-state index in [0.29, 0.717) is 6.54 Å². The fourth-order valence-corrected chi connectivity index (χ4v) is 2.79. The van der Waals surface area contributed by atoms with E-state index in [2.05, 4.69) is 0 Å². The minimum Gasteiger partial charge on any atom is -0.464 e. The van der Waals surface area contributed by atoms with E-state index in [1.54, 1.807) is 4.90 Å². The summed E-state index contributed by atoms with van der Waals surface area (Å²) in [5.74, 6) is 0.757. The molecule has 1 fully saturated rings.